The van der Waals surface area contributed by atoms with Crippen LogP contribution in [-0.4, -0.2) is 62.0 Å². The molecule has 0 spiro atoms. The quantitative estimate of drug-likeness (QED) is 0.604. The molecule has 1 fully saturated rings. The van der Waals surface area contributed by atoms with E-state index in [1.807, 2.05) is 0 Å². The number of hydrogen-bond acceptors (Lipinski definition) is 4. The van der Waals surface area contributed by atoms with Crippen molar-refractivity contribution in [3.63, 3.8) is 0 Å². The van der Waals surface area contributed by atoms with Crippen molar-refractivity contribution in [3.05, 3.63) is 0 Å². The first-order valence-corrected chi connectivity index (χ1v) is 4.97. The molecule has 112 valence electrons. The Kier molecular flexibility index (Phi) is 5.94. The first-order valence-electron chi connectivity index (χ1n) is 4.97. The number of carbonyl (C=O) groups is 2. The van der Waals surface area contributed by atoms with Gasteiger partial charge >= 0.3 is 23.9 Å². The number of halogens is 6. The Morgan fingerprint density at radius 3 is 1.32 bits per heavy atom. The minimum absolute atomic E-state index is 0.806. The summed E-state index contributed by atoms with van der Waals surface area (Å²) in [4.78, 5) is 21.5. The van der Waals surface area contributed by atoms with Gasteiger partial charge in [-0.3, -0.25) is 9.59 Å². The van der Waals surface area contributed by atoms with Crippen LogP contribution in [0, 0.1) is 0 Å². The van der Waals surface area contributed by atoms with Crippen molar-refractivity contribution in [2.75, 3.05) is 27.2 Å². The Hall–Kier alpha value is -1.16. The van der Waals surface area contributed by atoms with Crippen LogP contribution in [0.4, 0.5) is 26.3 Å². The highest BCUT2D eigenvalue weighted by Gasteiger charge is 2.54. The fourth-order valence-corrected chi connectivity index (χ4v) is 0.896. The van der Waals surface area contributed by atoms with Gasteiger partial charge in [-0.05, 0) is 14.1 Å². The van der Waals surface area contributed by atoms with Crippen LogP contribution in [0.1, 0.15) is 0 Å². The van der Waals surface area contributed by atoms with Crippen molar-refractivity contribution in [2.24, 2.45) is 0 Å². The molecule has 0 bridgehead atoms. The number of nitrogens with one attached hydrogen (secondary N) is 1. The van der Waals surface area contributed by atoms with Gasteiger partial charge in [-0.25, -0.2) is 0 Å². The zero-order chi connectivity index (χ0) is 15.4. The monoisotopic (exact) mass is 294 g/mol. The van der Waals surface area contributed by atoms with Gasteiger partial charge in [0, 0.05) is 19.1 Å². The molecular formula is C9H12F6N2O2. The molecule has 1 heterocycles. The summed E-state index contributed by atoms with van der Waals surface area (Å²) in [6.07, 6.45) is -11.5. The molecule has 0 aromatic heterocycles. The lowest BCUT2D eigenvalue weighted by Gasteiger charge is -2.32. The van der Waals surface area contributed by atoms with Crippen LogP contribution in [0.3, 0.4) is 0 Å². The standard InChI is InChI=1S/C5H12N2.C4F6O2/c1-7(2)5-3-6-4-5;5-3(6,7)1(11)2(12)4(8,9)10/h5-6H,3-4H2,1-2H3;. The van der Waals surface area contributed by atoms with E-state index in [9.17, 15) is 35.9 Å². The minimum Gasteiger partial charge on any atom is -0.314 e. The molecule has 0 aromatic carbocycles. The largest absolute Gasteiger partial charge is 0.458 e. The SMILES string of the molecule is CN(C)C1CNC1.O=C(C(=O)C(F)(F)F)C(F)(F)F. The van der Waals surface area contributed by atoms with E-state index in [1.54, 1.807) is 0 Å². The second kappa shape index (κ2) is 6.33. The first kappa shape index (κ1) is 17.8. The molecule has 1 saturated heterocycles. The van der Waals surface area contributed by atoms with E-state index in [0.717, 1.165) is 6.04 Å². The Balaban J connectivity index is 0.000000388. The van der Waals surface area contributed by atoms with Gasteiger partial charge in [0.25, 0.3) is 0 Å². The molecule has 10 heteroatoms. The van der Waals surface area contributed by atoms with Crippen LogP contribution in [0.5, 0.6) is 0 Å². The summed E-state index contributed by atoms with van der Waals surface area (Å²) in [5.41, 5.74) is 0. The maximum Gasteiger partial charge on any atom is 0.458 e. The molecule has 0 aromatic rings. The van der Waals surface area contributed by atoms with Crippen LogP contribution >= 0.6 is 0 Å². The van der Waals surface area contributed by atoms with Crippen LogP contribution in [0.25, 0.3) is 0 Å². The average molecular weight is 294 g/mol. The molecule has 0 radical (unpaired) electrons. The lowest BCUT2D eigenvalue weighted by atomic mass is 10.2. The van der Waals surface area contributed by atoms with Gasteiger partial charge < -0.3 is 10.2 Å². The third-order valence-electron chi connectivity index (χ3n) is 2.21. The van der Waals surface area contributed by atoms with Gasteiger partial charge in [-0.15, -0.1) is 0 Å². The van der Waals surface area contributed by atoms with Gasteiger partial charge in [-0.2, -0.15) is 26.3 Å². The van der Waals surface area contributed by atoms with Crippen LogP contribution in [0.2, 0.25) is 0 Å². The summed E-state index contributed by atoms with van der Waals surface area (Å²) in [6.45, 7) is 2.35. The molecule has 0 atom stereocenters. The third kappa shape index (κ3) is 6.01. The summed E-state index contributed by atoms with van der Waals surface area (Å²) in [7, 11) is 4.23. The van der Waals surface area contributed by atoms with E-state index in [-0.39, 0.29) is 0 Å². The molecule has 1 aliphatic heterocycles. The van der Waals surface area contributed by atoms with E-state index < -0.39 is 23.9 Å². The van der Waals surface area contributed by atoms with Crippen molar-refractivity contribution >= 4 is 11.6 Å². The topological polar surface area (TPSA) is 49.4 Å². The maximum absolute atomic E-state index is 11.2. The van der Waals surface area contributed by atoms with E-state index >= 15 is 0 Å². The van der Waals surface area contributed by atoms with Crippen molar-refractivity contribution in [2.45, 2.75) is 18.4 Å². The van der Waals surface area contributed by atoms with E-state index in [1.165, 1.54) is 13.1 Å². The summed E-state index contributed by atoms with van der Waals surface area (Å²) in [6, 6.07) is 0.806. The summed E-state index contributed by atoms with van der Waals surface area (Å²) in [5, 5.41) is 3.20. The number of rotatable bonds is 2. The lowest BCUT2D eigenvalue weighted by molar-refractivity contribution is -0.193. The predicted octanol–water partition coefficient (Wildman–Crippen LogP) is 0.769. The predicted molar refractivity (Wildman–Crippen MR) is 52.5 cm³/mol. The Bertz CT molecular complexity index is 309. The van der Waals surface area contributed by atoms with Gasteiger partial charge in [0.15, 0.2) is 0 Å². The average Bonchev–Trinajstić information content (AvgIpc) is 2.09. The molecule has 1 N–H and O–H groups in total. The molecule has 4 nitrogen and oxygen atoms in total. The molecule has 0 saturated carbocycles. The highest BCUT2D eigenvalue weighted by Crippen LogP contribution is 2.23. The first-order chi connectivity index (χ1) is 8.37. The van der Waals surface area contributed by atoms with Crippen LogP contribution < -0.4 is 5.32 Å². The molecule has 0 unspecified atom stereocenters. The summed E-state index contributed by atoms with van der Waals surface area (Å²) < 4.78 is 67.0. The Morgan fingerprint density at radius 2 is 1.26 bits per heavy atom. The van der Waals surface area contributed by atoms with Crippen molar-refractivity contribution in [3.8, 4) is 0 Å². The molecule has 1 rings (SSSR count). The molecule has 19 heavy (non-hydrogen) atoms. The number of alkyl halides is 6. The lowest BCUT2D eigenvalue weighted by Crippen LogP contribution is -2.54. The van der Waals surface area contributed by atoms with E-state index in [2.05, 4.69) is 24.3 Å². The van der Waals surface area contributed by atoms with Crippen molar-refractivity contribution in [1.82, 2.24) is 10.2 Å². The molecule has 0 amide bonds. The van der Waals surface area contributed by atoms with E-state index in [4.69, 9.17) is 0 Å². The highest BCUT2D eigenvalue weighted by molar-refractivity contribution is 6.41. The van der Waals surface area contributed by atoms with Gasteiger partial charge in [0.05, 0.1) is 0 Å². The Morgan fingerprint density at radius 1 is 0.947 bits per heavy atom. The second-order valence-electron chi connectivity index (χ2n) is 3.93. The van der Waals surface area contributed by atoms with Crippen LogP contribution in [-0.2, 0) is 9.59 Å². The fourth-order valence-electron chi connectivity index (χ4n) is 0.896. The molecule has 0 aliphatic carbocycles. The molecular weight excluding hydrogens is 282 g/mol. The second-order valence-corrected chi connectivity index (χ2v) is 3.93. The number of Topliss-reactive ketones (excluding diaryl/α,β-unsaturated/α-hetero) is 2. The van der Waals surface area contributed by atoms with Gasteiger partial charge in [0.2, 0.25) is 0 Å². The molecule has 1 aliphatic rings. The smallest absolute Gasteiger partial charge is 0.314 e. The number of carbonyl (C=O) groups excluding carboxylic acids is 2. The minimum atomic E-state index is -5.77. The van der Waals surface area contributed by atoms with Gasteiger partial charge in [0.1, 0.15) is 0 Å². The normalized spacial score (nSPS) is 16.5. The maximum atomic E-state index is 11.2. The number of hydrogen-bond donors (Lipinski definition) is 1. The highest BCUT2D eigenvalue weighted by atomic mass is 19.4. The van der Waals surface area contributed by atoms with Crippen molar-refractivity contribution in [1.29, 1.82) is 0 Å². The summed E-state index contributed by atoms with van der Waals surface area (Å²) in [5.74, 6) is -6.81. The van der Waals surface area contributed by atoms with Gasteiger partial charge in [-0.1, -0.05) is 0 Å². The number of likely N-dealkylation sites (N-methyl/N-ethyl adjacent to an activating group) is 1. The Labute approximate surface area is 104 Å². The fraction of sp³-hybridized carbons (Fsp3) is 0.778. The zero-order valence-corrected chi connectivity index (χ0v) is 10.0. The zero-order valence-electron chi connectivity index (χ0n) is 10.0. The number of ketones is 2. The van der Waals surface area contributed by atoms with E-state index in [0.29, 0.717) is 0 Å². The van der Waals surface area contributed by atoms with Crippen LogP contribution in [0.15, 0.2) is 0 Å². The third-order valence-corrected chi connectivity index (χ3v) is 2.21. The summed E-state index contributed by atoms with van der Waals surface area (Å²) >= 11 is 0. The number of nitrogens with zero attached hydrogens (tertiary/aromatic N) is 1. The van der Waals surface area contributed by atoms with Crippen molar-refractivity contribution < 1.29 is 35.9 Å².